The Kier molecular flexibility index (Phi) is 3.69. The predicted molar refractivity (Wildman–Crippen MR) is 70.3 cm³/mol. The lowest BCUT2D eigenvalue weighted by Gasteiger charge is -2.30. The van der Waals surface area contributed by atoms with Crippen LogP contribution >= 0.6 is 11.6 Å². The van der Waals surface area contributed by atoms with Crippen LogP contribution in [0.25, 0.3) is 0 Å². The highest BCUT2D eigenvalue weighted by Gasteiger charge is 2.19. The maximum Gasteiger partial charge on any atom is 0.172 e. The SMILES string of the molecule is Cc1c(Cl)nnc(N[C@@H]2CCCN(C)C2)c1N. The molecule has 1 aromatic rings. The van der Waals surface area contributed by atoms with Gasteiger partial charge in [-0.25, -0.2) is 0 Å². The standard InChI is InChI=1S/C11H18ClN5/c1-7-9(13)11(16-15-10(7)12)14-8-4-3-5-17(2)6-8/h8H,3-6H2,1-2H3,(H2,13,15)(H,14,16)/t8-/m1/s1. The van der Waals surface area contributed by atoms with Crippen molar-refractivity contribution in [2.24, 2.45) is 0 Å². The van der Waals surface area contributed by atoms with Crippen molar-refractivity contribution >= 4 is 23.1 Å². The minimum atomic E-state index is 0.369. The minimum absolute atomic E-state index is 0.369. The smallest absolute Gasteiger partial charge is 0.172 e. The van der Waals surface area contributed by atoms with E-state index in [4.69, 9.17) is 17.3 Å². The van der Waals surface area contributed by atoms with E-state index in [1.807, 2.05) is 6.92 Å². The Bertz CT molecular complexity index is 409. The number of piperidine rings is 1. The highest BCUT2D eigenvalue weighted by atomic mass is 35.5. The van der Waals surface area contributed by atoms with Crippen LogP contribution in [0.15, 0.2) is 0 Å². The summed E-state index contributed by atoms with van der Waals surface area (Å²) in [6, 6.07) is 0.380. The number of likely N-dealkylation sites (N-methyl/N-ethyl adjacent to an activating group) is 1. The largest absolute Gasteiger partial charge is 0.395 e. The van der Waals surface area contributed by atoms with Crippen LogP contribution < -0.4 is 11.1 Å². The molecular weight excluding hydrogens is 238 g/mol. The van der Waals surface area contributed by atoms with Crippen molar-refractivity contribution < 1.29 is 0 Å². The van der Waals surface area contributed by atoms with Crippen LogP contribution in [0.4, 0.5) is 11.5 Å². The van der Waals surface area contributed by atoms with E-state index in [0.29, 0.717) is 22.7 Å². The molecule has 0 aliphatic carbocycles. The third-order valence-corrected chi connectivity index (χ3v) is 3.53. The number of hydrogen-bond acceptors (Lipinski definition) is 5. The first-order chi connectivity index (χ1) is 8.08. The lowest BCUT2D eigenvalue weighted by atomic mass is 10.1. The summed E-state index contributed by atoms with van der Waals surface area (Å²) in [4.78, 5) is 2.30. The topological polar surface area (TPSA) is 67.1 Å². The van der Waals surface area contributed by atoms with Gasteiger partial charge in [0.15, 0.2) is 11.0 Å². The van der Waals surface area contributed by atoms with Gasteiger partial charge in [-0.1, -0.05) is 11.6 Å². The Labute approximate surface area is 106 Å². The Balaban J connectivity index is 2.10. The van der Waals surface area contributed by atoms with Gasteiger partial charge < -0.3 is 16.0 Å². The molecule has 17 heavy (non-hydrogen) atoms. The second-order valence-electron chi connectivity index (χ2n) is 4.62. The molecule has 2 rings (SSSR count). The molecule has 6 heteroatoms. The molecule has 1 fully saturated rings. The van der Waals surface area contributed by atoms with Crippen molar-refractivity contribution in [2.45, 2.75) is 25.8 Å². The van der Waals surface area contributed by atoms with Gasteiger partial charge >= 0.3 is 0 Å². The van der Waals surface area contributed by atoms with Crippen LogP contribution in [-0.2, 0) is 0 Å². The lowest BCUT2D eigenvalue weighted by molar-refractivity contribution is 0.260. The number of nitrogens with zero attached hydrogens (tertiary/aromatic N) is 3. The second kappa shape index (κ2) is 5.06. The Morgan fingerprint density at radius 2 is 2.24 bits per heavy atom. The molecule has 0 unspecified atom stereocenters. The van der Waals surface area contributed by atoms with Gasteiger partial charge in [-0.05, 0) is 33.4 Å². The number of likely N-dealkylation sites (tertiary alicyclic amines) is 1. The number of aromatic nitrogens is 2. The molecule has 3 N–H and O–H groups in total. The van der Waals surface area contributed by atoms with Crippen molar-refractivity contribution in [1.29, 1.82) is 0 Å². The maximum absolute atomic E-state index is 5.97. The highest BCUT2D eigenvalue weighted by Crippen LogP contribution is 2.25. The van der Waals surface area contributed by atoms with E-state index in [1.165, 1.54) is 6.42 Å². The summed E-state index contributed by atoms with van der Waals surface area (Å²) in [6.45, 7) is 4.01. The highest BCUT2D eigenvalue weighted by molar-refractivity contribution is 6.30. The number of halogens is 1. The first-order valence-corrected chi connectivity index (χ1v) is 6.19. The maximum atomic E-state index is 5.97. The van der Waals surface area contributed by atoms with Crippen molar-refractivity contribution in [3.63, 3.8) is 0 Å². The van der Waals surface area contributed by atoms with Gasteiger partial charge in [-0.3, -0.25) is 0 Å². The van der Waals surface area contributed by atoms with Crippen molar-refractivity contribution in [2.75, 3.05) is 31.2 Å². The van der Waals surface area contributed by atoms with E-state index in [-0.39, 0.29) is 0 Å². The van der Waals surface area contributed by atoms with Gasteiger partial charge in [0.25, 0.3) is 0 Å². The van der Waals surface area contributed by atoms with Crippen molar-refractivity contribution in [3.05, 3.63) is 10.7 Å². The molecule has 0 amide bonds. The fraction of sp³-hybridized carbons (Fsp3) is 0.636. The monoisotopic (exact) mass is 255 g/mol. The Morgan fingerprint density at radius 1 is 1.47 bits per heavy atom. The Hall–Kier alpha value is -1.07. The molecule has 1 atom stereocenters. The predicted octanol–water partition coefficient (Wildman–Crippen LogP) is 1.53. The molecule has 0 saturated carbocycles. The molecule has 1 aromatic heterocycles. The van der Waals surface area contributed by atoms with Gasteiger partial charge in [0.05, 0.1) is 5.69 Å². The molecular formula is C11H18ClN5. The van der Waals surface area contributed by atoms with Crippen LogP contribution in [0.1, 0.15) is 18.4 Å². The average molecular weight is 256 g/mol. The first kappa shape index (κ1) is 12.4. The van der Waals surface area contributed by atoms with E-state index < -0.39 is 0 Å². The molecule has 94 valence electrons. The summed E-state index contributed by atoms with van der Waals surface area (Å²) in [5.74, 6) is 0.646. The number of hydrogen-bond donors (Lipinski definition) is 2. The number of nitrogens with two attached hydrogens (primary N) is 1. The minimum Gasteiger partial charge on any atom is -0.395 e. The quantitative estimate of drug-likeness (QED) is 0.839. The van der Waals surface area contributed by atoms with Crippen LogP contribution in [-0.4, -0.2) is 41.3 Å². The normalized spacial score (nSPS) is 21.5. The van der Waals surface area contributed by atoms with Crippen LogP contribution in [0, 0.1) is 6.92 Å². The molecule has 5 nitrogen and oxygen atoms in total. The molecule has 0 spiro atoms. The number of nitrogens with one attached hydrogen (secondary N) is 1. The third kappa shape index (κ3) is 2.79. The van der Waals surface area contributed by atoms with E-state index >= 15 is 0 Å². The van der Waals surface area contributed by atoms with E-state index in [2.05, 4.69) is 27.5 Å². The summed E-state index contributed by atoms with van der Waals surface area (Å²) in [5, 5.41) is 11.6. The van der Waals surface area contributed by atoms with Crippen molar-refractivity contribution in [3.8, 4) is 0 Å². The molecule has 0 bridgehead atoms. The molecule has 1 saturated heterocycles. The fourth-order valence-electron chi connectivity index (χ4n) is 2.10. The molecule has 1 aliphatic rings. The number of rotatable bonds is 2. The van der Waals surface area contributed by atoms with Crippen LogP contribution in [0.2, 0.25) is 5.15 Å². The van der Waals surface area contributed by atoms with Crippen LogP contribution in [0.3, 0.4) is 0 Å². The summed E-state index contributed by atoms with van der Waals surface area (Å²) in [5.41, 5.74) is 7.35. The summed E-state index contributed by atoms with van der Waals surface area (Å²) in [6.07, 6.45) is 2.32. The zero-order valence-electron chi connectivity index (χ0n) is 10.2. The Morgan fingerprint density at radius 3 is 2.94 bits per heavy atom. The summed E-state index contributed by atoms with van der Waals surface area (Å²) >= 11 is 5.86. The second-order valence-corrected chi connectivity index (χ2v) is 4.98. The molecule has 2 heterocycles. The van der Waals surface area contributed by atoms with Gasteiger partial charge in [-0.2, -0.15) is 0 Å². The van der Waals surface area contributed by atoms with Gasteiger partial charge in [0, 0.05) is 18.2 Å². The summed E-state index contributed by atoms with van der Waals surface area (Å²) in [7, 11) is 2.12. The lowest BCUT2D eigenvalue weighted by Crippen LogP contribution is -2.40. The molecule has 0 aromatic carbocycles. The zero-order valence-corrected chi connectivity index (χ0v) is 11.0. The van der Waals surface area contributed by atoms with E-state index in [9.17, 15) is 0 Å². The zero-order chi connectivity index (χ0) is 12.4. The molecule has 1 aliphatic heterocycles. The van der Waals surface area contributed by atoms with Crippen LogP contribution in [0.5, 0.6) is 0 Å². The van der Waals surface area contributed by atoms with Gasteiger partial charge in [0.1, 0.15) is 0 Å². The molecule has 0 radical (unpaired) electrons. The van der Waals surface area contributed by atoms with E-state index in [1.54, 1.807) is 0 Å². The van der Waals surface area contributed by atoms with Gasteiger partial charge in [0.2, 0.25) is 0 Å². The number of nitrogen functional groups attached to an aromatic ring is 1. The average Bonchev–Trinajstić information content (AvgIpc) is 2.30. The van der Waals surface area contributed by atoms with Gasteiger partial charge in [-0.15, -0.1) is 10.2 Å². The fourth-order valence-corrected chi connectivity index (χ4v) is 2.24. The van der Waals surface area contributed by atoms with E-state index in [0.717, 1.165) is 25.1 Å². The first-order valence-electron chi connectivity index (χ1n) is 5.81. The van der Waals surface area contributed by atoms with Crippen molar-refractivity contribution in [1.82, 2.24) is 15.1 Å². The third-order valence-electron chi connectivity index (χ3n) is 3.17. The summed E-state index contributed by atoms with van der Waals surface area (Å²) < 4.78 is 0. The number of anilines is 2.